The fourth-order valence-corrected chi connectivity index (χ4v) is 9.81. The Labute approximate surface area is 217 Å². The molecule has 3 saturated carbocycles. The van der Waals surface area contributed by atoms with Gasteiger partial charge in [0.25, 0.3) is 0 Å². The molecule has 0 bridgehead atoms. The standard InChI is InChI=1S/C32H45NO3/c1-20-21-10-11-24-29(4,22(21)18-23(34)25(20)35)15-17-31(6)30(24,5)16-14-28(3)13-12-27(2,19-32(28,31)7)26(36)33(8)9/h10-11,18,35H,12-17,19H2,1-9H3/t27-,28-,29+,30-,31-,32-/m1/s1. The number of allylic oxidation sites excluding steroid dienone is 7. The van der Waals surface area contributed by atoms with E-state index in [1.165, 1.54) is 5.57 Å². The Bertz CT molecular complexity index is 1200. The van der Waals surface area contributed by atoms with Gasteiger partial charge in [-0.25, -0.2) is 0 Å². The second-order valence-electron chi connectivity index (χ2n) is 14.4. The topological polar surface area (TPSA) is 57.6 Å². The summed E-state index contributed by atoms with van der Waals surface area (Å²) >= 11 is 0. The molecule has 0 aliphatic heterocycles. The lowest BCUT2D eigenvalue weighted by molar-refractivity contribution is -0.225. The third-order valence-corrected chi connectivity index (χ3v) is 12.7. The van der Waals surface area contributed by atoms with E-state index in [1.54, 1.807) is 11.0 Å². The number of aliphatic hydroxyl groups excluding tert-OH is 1. The summed E-state index contributed by atoms with van der Waals surface area (Å²) in [5, 5.41) is 10.4. The Balaban J connectivity index is 1.66. The summed E-state index contributed by atoms with van der Waals surface area (Å²) in [6.45, 7) is 16.4. The fraction of sp³-hybridized carbons (Fsp3) is 0.688. The normalized spacial score (nSPS) is 45.9. The molecule has 0 heterocycles. The van der Waals surface area contributed by atoms with E-state index in [9.17, 15) is 14.7 Å². The van der Waals surface area contributed by atoms with Crippen molar-refractivity contribution in [3.05, 3.63) is 46.3 Å². The second kappa shape index (κ2) is 7.26. The Hall–Kier alpha value is -2.10. The maximum absolute atomic E-state index is 13.5. The van der Waals surface area contributed by atoms with Crippen molar-refractivity contribution in [2.75, 3.05) is 14.1 Å². The van der Waals surface area contributed by atoms with E-state index in [-0.39, 0.29) is 49.9 Å². The SMILES string of the molecule is CC1=C(O)C(=O)C=C2C1=CC=C1[C@@]2(C)CC[C@@]2(C)[C@]3(C)C[C@](C)(C(=O)N(C)C)CC[C@]3(C)CC[C@]12C. The minimum Gasteiger partial charge on any atom is -0.504 e. The third kappa shape index (κ3) is 2.77. The van der Waals surface area contributed by atoms with Crippen LogP contribution in [0.3, 0.4) is 0 Å². The van der Waals surface area contributed by atoms with Crippen molar-refractivity contribution in [3.63, 3.8) is 0 Å². The van der Waals surface area contributed by atoms with Crippen LogP contribution in [0.15, 0.2) is 46.3 Å². The number of carbonyl (C=O) groups is 2. The van der Waals surface area contributed by atoms with Crippen molar-refractivity contribution in [2.24, 2.45) is 32.5 Å². The van der Waals surface area contributed by atoms with Crippen molar-refractivity contribution < 1.29 is 14.7 Å². The summed E-state index contributed by atoms with van der Waals surface area (Å²) in [6, 6.07) is 0. The molecule has 4 heteroatoms. The Morgan fingerprint density at radius 3 is 2.17 bits per heavy atom. The quantitative estimate of drug-likeness (QED) is 0.426. The first-order valence-corrected chi connectivity index (χ1v) is 13.8. The zero-order valence-electron chi connectivity index (χ0n) is 23.9. The molecule has 0 aromatic heterocycles. The number of aliphatic hydroxyl groups is 1. The number of fused-ring (bicyclic) bond motifs is 7. The number of rotatable bonds is 1. The van der Waals surface area contributed by atoms with Gasteiger partial charge in [-0.2, -0.15) is 0 Å². The van der Waals surface area contributed by atoms with Gasteiger partial charge >= 0.3 is 0 Å². The van der Waals surface area contributed by atoms with Crippen LogP contribution in [-0.2, 0) is 9.59 Å². The predicted octanol–water partition coefficient (Wildman–Crippen LogP) is 7.09. The molecule has 196 valence electrons. The number of hydrogen-bond acceptors (Lipinski definition) is 3. The minimum atomic E-state index is -0.342. The van der Waals surface area contributed by atoms with E-state index in [4.69, 9.17) is 0 Å². The van der Waals surface area contributed by atoms with Crippen molar-refractivity contribution in [1.29, 1.82) is 0 Å². The molecule has 0 radical (unpaired) electrons. The average Bonchev–Trinajstić information content (AvgIpc) is 2.81. The van der Waals surface area contributed by atoms with Gasteiger partial charge in [-0.05, 0) is 90.8 Å². The van der Waals surface area contributed by atoms with Crippen LogP contribution in [-0.4, -0.2) is 35.8 Å². The van der Waals surface area contributed by atoms with Gasteiger partial charge in [0.2, 0.25) is 11.7 Å². The first kappa shape index (κ1) is 25.5. The second-order valence-corrected chi connectivity index (χ2v) is 14.4. The van der Waals surface area contributed by atoms with Gasteiger partial charge in [-0.1, -0.05) is 59.3 Å². The molecule has 0 unspecified atom stereocenters. The van der Waals surface area contributed by atoms with Crippen LogP contribution in [0, 0.1) is 32.5 Å². The Kier molecular flexibility index (Phi) is 5.15. The molecule has 5 aliphatic rings. The maximum atomic E-state index is 13.5. The summed E-state index contributed by atoms with van der Waals surface area (Å²) in [5.41, 5.74) is 3.84. The monoisotopic (exact) mass is 491 g/mol. The summed E-state index contributed by atoms with van der Waals surface area (Å²) in [4.78, 5) is 28.0. The van der Waals surface area contributed by atoms with E-state index in [2.05, 4.69) is 53.7 Å². The molecule has 6 atom stereocenters. The van der Waals surface area contributed by atoms with Gasteiger partial charge in [0.1, 0.15) is 0 Å². The van der Waals surface area contributed by atoms with Crippen LogP contribution in [0.1, 0.15) is 93.4 Å². The number of nitrogens with zero attached hydrogens (tertiary/aromatic N) is 1. The molecule has 36 heavy (non-hydrogen) atoms. The number of carbonyl (C=O) groups excluding carboxylic acids is 2. The lowest BCUT2D eigenvalue weighted by Gasteiger charge is -2.74. The van der Waals surface area contributed by atoms with Crippen LogP contribution < -0.4 is 0 Å². The van der Waals surface area contributed by atoms with Crippen LogP contribution in [0.4, 0.5) is 0 Å². The first-order chi connectivity index (χ1) is 16.5. The molecule has 0 spiro atoms. The summed E-state index contributed by atoms with van der Waals surface area (Å²) < 4.78 is 0. The van der Waals surface area contributed by atoms with E-state index in [0.29, 0.717) is 5.57 Å². The molecule has 5 aliphatic carbocycles. The Morgan fingerprint density at radius 2 is 1.53 bits per heavy atom. The largest absolute Gasteiger partial charge is 0.504 e. The summed E-state index contributed by atoms with van der Waals surface area (Å²) in [6.07, 6.45) is 13.5. The molecular formula is C32H45NO3. The molecule has 0 aromatic carbocycles. The van der Waals surface area contributed by atoms with Crippen molar-refractivity contribution in [2.45, 2.75) is 93.4 Å². The van der Waals surface area contributed by atoms with E-state index in [0.717, 1.165) is 56.1 Å². The van der Waals surface area contributed by atoms with E-state index in [1.807, 2.05) is 21.0 Å². The summed E-state index contributed by atoms with van der Waals surface area (Å²) in [5.74, 6) is -0.126. The van der Waals surface area contributed by atoms with Crippen LogP contribution >= 0.6 is 0 Å². The lowest BCUT2D eigenvalue weighted by Crippen LogP contribution is -2.67. The average molecular weight is 492 g/mol. The zero-order chi connectivity index (χ0) is 26.7. The Morgan fingerprint density at radius 1 is 0.889 bits per heavy atom. The highest BCUT2D eigenvalue weighted by atomic mass is 16.3. The smallest absolute Gasteiger partial charge is 0.228 e. The molecular weight excluding hydrogens is 446 g/mol. The number of ketones is 1. The molecule has 1 N–H and O–H groups in total. The van der Waals surface area contributed by atoms with Crippen LogP contribution in [0.5, 0.6) is 0 Å². The highest BCUT2D eigenvalue weighted by Gasteiger charge is 2.72. The van der Waals surface area contributed by atoms with E-state index < -0.39 is 0 Å². The summed E-state index contributed by atoms with van der Waals surface area (Å²) in [7, 11) is 3.79. The fourth-order valence-electron chi connectivity index (χ4n) is 9.81. The molecule has 3 fully saturated rings. The molecule has 1 amide bonds. The van der Waals surface area contributed by atoms with Crippen LogP contribution in [0.25, 0.3) is 0 Å². The molecule has 4 nitrogen and oxygen atoms in total. The molecule has 5 rings (SSSR count). The van der Waals surface area contributed by atoms with Gasteiger partial charge < -0.3 is 10.0 Å². The number of amides is 1. The number of hydrogen-bond donors (Lipinski definition) is 1. The van der Waals surface area contributed by atoms with Gasteiger partial charge in [-0.15, -0.1) is 0 Å². The predicted molar refractivity (Wildman–Crippen MR) is 144 cm³/mol. The zero-order valence-corrected chi connectivity index (χ0v) is 23.9. The van der Waals surface area contributed by atoms with Crippen LogP contribution in [0.2, 0.25) is 0 Å². The maximum Gasteiger partial charge on any atom is 0.228 e. The highest BCUT2D eigenvalue weighted by Crippen LogP contribution is 2.80. The van der Waals surface area contributed by atoms with Crippen molar-refractivity contribution >= 4 is 11.7 Å². The van der Waals surface area contributed by atoms with Gasteiger partial charge in [0.15, 0.2) is 5.76 Å². The lowest BCUT2D eigenvalue weighted by atomic mass is 9.29. The highest BCUT2D eigenvalue weighted by molar-refractivity contribution is 6.06. The van der Waals surface area contributed by atoms with Gasteiger partial charge in [-0.3, -0.25) is 9.59 Å². The molecule has 0 saturated heterocycles. The van der Waals surface area contributed by atoms with E-state index >= 15 is 0 Å². The first-order valence-electron chi connectivity index (χ1n) is 13.8. The molecule has 0 aromatic rings. The minimum absolute atomic E-state index is 0.00266. The van der Waals surface area contributed by atoms with Gasteiger partial charge in [0, 0.05) is 30.5 Å². The van der Waals surface area contributed by atoms with Gasteiger partial charge in [0.05, 0.1) is 0 Å². The van der Waals surface area contributed by atoms with Crippen molar-refractivity contribution in [3.8, 4) is 0 Å². The van der Waals surface area contributed by atoms with Crippen molar-refractivity contribution in [1.82, 2.24) is 4.90 Å². The third-order valence-electron chi connectivity index (χ3n) is 12.7.